The molecule has 1 aromatic carbocycles. The van der Waals surface area contributed by atoms with E-state index in [0.717, 1.165) is 6.07 Å². The summed E-state index contributed by atoms with van der Waals surface area (Å²) in [5, 5.41) is 2.17. The average molecular weight is 239 g/mol. The van der Waals surface area contributed by atoms with Crippen molar-refractivity contribution in [2.45, 2.75) is 19.1 Å². The number of rotatable bonds is 3. The first kappa shape index (κ1) is 12.9. The minimum absolute atomic E-state index is 0.0726. The van der Waals surface area contributed by atoms with Crippen molar-refractivity contribution >= 4 is 0 Å². The molecular formula is C10H10F5N. The van der Waals surface area contributed by atoms with Gasteiger partial charge in [-0.1, -0.05) is 13.0 Å². The molecule has 0 aliphatic heterocycles. The van der Waals surface area contributed by atoms with Crippen LogP contribution in [0.15, 0.2) is 18.2 Å². The van der Waals surface area contributed by atoms with E-state index >= 15 is 0 Å². The predicted molar refractivity (Wildman–Crippen MR) is 48.8 cm³/mol. The third-order valence-corrected chi connectivity index (χ3v) is 2.01. The van der Waals surface area contributed by atoms with E-state index in [1.165, 1.54) is 6.92 Å². The van der Waals surface area contributed by atoms with E-state index in [4.69, 9.17) is 0 Å². The van der Waals surface area contributed by atoms with E-state index in [1.54, 1.807) is 0 Å². The summed E-state index contributed by atoms with van der Waals surface area (Å²) in [6.07, 6.45) is -4.54. The standard InChI is InChI=1S/C10H10F5N/c1-2-16-9(10(13,14)15)6-3-4-7(11)8(12)5-6/h3-5,9,16H,2H2,1H3/t9-/m0/s1. The van der Waals surface area contributed by atoms with Crippen molar-refractivity contribution in [3.8, 4) is 0 Å². The lowest BCUT2D eigenvalue weighted by Gasteiger charge is -2.21. The van der Waals surface area contributed by atoms with Gasteiger partial charge in [-0.3, -0.25) is 0 Å². The lowest BCUT2D eigenvalue weighted by molar-refractivity contribution is -0.157. The summed E-state index contributed by atoms with van der Waals surface area (Å²) in [6.45, 7) is 1.57. The zero-order chi connectivity index (χ0) is 12.3. The van der Waals surface area contributed by atoms with Crippen molar-refractivity contribution < 1.29 is 22.0 Å². The second-order valence-corrected chi connectivity index (χ2v) is 3.21. The third-order valence-electron chi connectivity index (χ3n) is 2.01. The maximum atomic E-state index is 12.8. The summed E-state index contributed by atoms with van der Waals surface area (Å²) in [5.74, 6) is -2.45. The Morgan fingerprint density at radius 3 is 2.25 bits per heavy atom. The molecule has 0 spiro atoms. The van der Waals surface area contributed by atoms with Crippen LogP contribution in [0.3, 0.4) is 0 Å². The topological polar surface area (TPSA) is 12.0 Å². The molecule has 1 aromatic rings. The molecule has 0 aliphatic carbocycles. The fraction of sp³-hybridized carbons (Fsp3) is 0.400. The predicted octanol–water partition coefficient (Wildman–Crippen LogP) is 3.18. The van der Waals surface area contributed by atoms with Crippen molar-refractivity contribution in [3.05, 3.63) is 35.4 Å². The molecule has 90 valence electrons. The van der Waals surface area contributed by atoms with Gasteiger partial charge in [-0.15, -0.1) is 0 Å². The highest BCUT2D eigenvalue weighted by Gasteiger charge is 2.40. The molecule has 16 heavy (non-hydrogen) atoms. The van der Waals surface area contributed by atoms with Crippen LogP contribution in [0.4, 0.5) is 22.0 Å². The minimum Gasteiger partial charge on any atom is -0.303 e. The van der Waals surface area contributed by atoms with Crippen LogP contribution in [0.2, 0.25) is 0 Å². The molecule has 0 fully saturated rings. The van der Waals surface area contributed by atoms with E-state index in [-0.39, 0.29) is 12.1 Å². The summed E-state index contributed by atoms with van der Waals surface area (Å²) >= 11 is 0. The van der Waals surface area contributed by atoms with Crippen molar-refractivity contribution in [3.63, 3.8) is 0 Å². The fourth-order valence-corrected chi connectivity index (χ4v) is 1.32. The second kappa shape index (κ2) is 4.78. The number of halogens is 5. The van der Waals surface area contributed by atoms with Gasteiger partial charge in [-0.05, 0) is 24.2 Å². The van der Waals surface area contributed by atoms with Crippen LogP contribution >= 0.6 is 0 Å². The van der Waals surface area contributed by atoms with Crippen molar-refractivity contribution in [1.82, 2.24) is 5.32 Å². The molecule has 0 amide bonds. The number of benzene rings is 1. The largest absolute Gasteiger partial charge is 0.407 e. The Morgan fingerprint density at radius 2 is 1.81 bits per heavy atom. The number of hydrogen-bond acceptors (Lipinski definition) is 1. The lowest BCUT2D eigenvalue weighted by Crippen LogP contribution is -2.34. The number of nitrogens with one attached hydrogen (secondary N) is 1. The average Bonchev–Trinajstić information content (AvgIpc) is 2.17. The van der Waals surface area contributed by atoms with Gasteiger partial charge in [0.2, 0.25) is 0 Å². The maximum absolute atomic E-state index is 12.8. The normalized spacial score (nSPS) is 13.9. The first-order valence-corrected chi connectivity index (χ1v) is 4.61. The molecular weight excluding hydrogens is 229 g/mol. The second-order valence-electron chi connectivity index (χ2n) is 3.21. The molecule has 0 saturated heterocycles. The molecule has 0 saturated carbocycles. The van der Waals surface area contributed by atoms with Crippen molar-refractivity contribution in [2.75, 3.05) is 6.54 Å². The zero-order valence-electron chi connectivity index (χ0n) is 8.41. The van der Waals surface area contributed by atoms with Crippen molar-refractivity contribution in [1.29, 1.82) is 0 Å². The van der Waals surface area contributed by atoms with Crippen LogP contribution in [0.1, 0.15) is 18.5 Å². The zero-order valence-corrected chi connectivity index (χ0v) is 8.41. The van der Waals surface area contributed by atoms with Gasteiger partial charge in [0.1, 0.15) is 6.04 Å². The van der Waals surface area contributed by atoms with E-state index in [0.29, 0.717) is 12.1 Å². The number of alkyl halides is 3. The summed E-state index contributed by atoms with van der Waals surface area (Å²) in [6, 6.07) is 0.170. The molecule has 0 aliphatic rings. The quantitative estimate of drug-likeness (QED) is 0.799. The molecule has 0 radical (unpaired) electrons. The van der Waals surface area contributed by atoms with Crippen LogP contribution in [0, 0.1) is 11.6 Å². The minimum atomic E-state index is -4.54. The molecule has 1 rings (SSSR count). The van der Waals surface area contributed by atoms with Crippen LogP contribution < -0.4 is 5.32 Å². The van der Waals surface area contributed by atoms with Gasteiger partial charge in [0.05, 0.1) is 0 Å². The molecule has 0 bridgehead atoms. The van der Waals surface area contributed by atoms with Gasteiger partial charge in [0.15, 0.2) is 11.6 Å². The van der Waals surface area contributed by atoms with E-state index in [9.17, 15) is 22.0 Å². The Hall–Kier alpha value is -1.17. The van der Waals surface area contributed by atoms with Crippen molar-refractivity contribution in [2.24, 2.45) is 0 Å². The van der Waals surface area contributed by atoms with Crippen LogP contribution in [-0.4, -0.2) is 12.7 Å². The van der Waals surface area contributed by atoms with Gasteiger partial charge in [0.25, 0.3) is 0 Å². The van der Waals surface area contributed by atoms with Gasteiger partial charge < -0.3 is 5.32 Å². The Kier molecular flexibility index (Phi) is 3.85. The molecule has 0 aromatic heterocycles. The highest BCUT2D eigenvalue weighted by molar-refractivity contribution is 5.22. The highest BCUT2D eigenvalue weighted by atomic mass is 19.4. The van der Waals surface area contributed by atoms with Gasteiger partial charge in [-0.25, -0.2) is 8.78 Å². The first-order valence-electron chi connectivity index (χ1n) is 4.61. The Bertz CT molecular complexity index is 361. The first-order chi connectivity index (χ1) is 7.36. The van der Waals surface area contributed by atoms with Gasteiger partial charge >= 0.3 is 6.18 Å². The van der Waals surface area contributed by atoms with Crippen LogP contribution in [0.25, 0.3) is 0 Å². The van der Waals surface area contributed by atoms with E-state index in [1.807, 2.05) is 0 Å². The Labute approximate surface area is 89.3 Å². The van der Waals surface area contributed by atoms with E-state index < -0.39 is 23.9 Å². The molecule has 0 heterocycles. The molecule has 1 N–H and O–H groups in total. The smallest absolute Gasteiger partial charge is 0.303 e. The SMILES string of the molecule is CCN[C@@H](c1ccc(F)c(F)c1)C(F)(F)F. The van der Waals surface area contributed by atoms with Gasteiger partial charge in [0, 0.05) is 0 Å². The molecule has 1 nitrogen and oxygen atoms in total. The van der Waals surface area contributed by atoms with Crippen LogP contribution in [-0.2, 0) is 0 Å². The summed E-state index contributed by atoms with van der Waals surface area (Å²) < 4.78 is 63.0. The monoisotopic (exact) mass is 239 g/mol. The highest BCUT2D eigenvalue weighted by Crippen LogP contribution is 2.32. The molecule has 0 unspecified atom stereocenters. The third kappa shape index (κ3) is 2.91. The molecule has 1 atom stereocenters. The Balaban J connectivity index is 3.06. The molecule has 6 heteroatoms. The maximum Gasteiger partial charge on any atom is 0.407 e. The Morgan fingerprint density at radius 1 is 1.19 bits per heavy atom. The van der Waals surface area contributed by atoms with E-state index in [2.05, 4.69) is 5.32 Å². The summed E-state index contributed by atoms with van der Waals surface area (Å²) in [5.41, 5.74) is -0.340. The lowest BCUT2D eigenvalue weighted by atomic mass is 10.1. The van der Waals surface area contributed by atoms with Crippen LogP contribution in [0.5, 0.6) is 0 Å². The fourth-order valence-electron chi connectivity index (χ4n) is 1.32. The van der Waals surface area contributed by atoms with Gasteiger partial charge in [-0.2, -0.15) is 13.2 Å². The summed E-state index contributed by atoms with van der Waals surface area (Å²) in [7, 11) is 0. The number of hydrogen-bond donors (Lipinski definition) is 1. The summed E-state index contributed by atoms with van der Waals surface area (Å²) in [4.78, 5) is 0.